The molecule has 2 amide bonds. The molecule has 2 aliphatic rings. The van der Waals surface area contributed by atoms with E-state index in [0.717, 1.165) is 50.9 Å². The Balaban J connectivity index is 1.34. The zero-order chi connectivity index (χ0) is 21.2. The molecule has 0 bridgehead atoms. The average Bonchev–Trinajstić information content (AvgIpc) is 3.18. The first-order chi connectivity index (χ1) is 14.6. The fraction of sp³-hybridized carbons (Fsp3) is 0.667. The molecule has 1 aromatic rings. The molecule has 2 saturated heterocycles. The number of hydrogen-bond acceptors (Lipinski definition) is 4. The minimum Gasteiger partial charge on any atom is -0.354 e. The second-order valence-corrected chi connectivity index (χ2v) is 9.98. The van der Waals surface area contributed by atoms with Gasteiger partial charge in [-0.1, -0.05) is 62.9 Å². The standard InChI is InChI=1S/C24H37N3O2S/c1-2-3-4-5-9-12-22(28)27-17-14-24(15-18-27)26-21(19-30-24)23(29)25-16-13-20-10-7-6-8-11-20/h6-8,10-11,21,26H,2-5,9,12-19H2,1H3,(H,25,29). The summed E-state index contributed by atoms with van der Waals surface area (Å²) >= 11 is 1.86. The lowest BCUT2D eigenvalue weighted by molar-refractivity contribution is -0.132. The number of thioether (sulfide) groups is 1. The number of benzene rings is 1. The number of hydrogen-bond donors (Lipinski definition) is 2. The molecular weight excluding hydrogens is 394 g/mol. The number of carbonyl (C=O) groups excluding carboxylic acids is 2. The maximum atomic E-state index is 12.6. The first kappa shape index (κ1) is 23.1. The Labute approximate surface area is 185 Å². The summed E-state index contributed by atoms with van der Waals surface area (Å²) in [6.45, 7) is 4.48. The van der Waals surface area contributed by atoms with Gasteiger partial charge in [0, 0.05) is 31.8 Å². The molecule has 2 fully saturated rings. The molecule has 0 aliphatic carbocycles. The minimum atomic E-state index is -0.133. The van der Waals surface area contributed by atoms with Crippen LogP contribution in [0, 0.1) is 0 Å². The van der Waals surface area contributed by atoms with Gasteiger partial charge in [-0.2, -0.15) is 0 Å². The van der Waals surface area contributed by atoms with Crippen molar-refractivity contribution in [1.82, 2.24) is 15.5 Å². The van der Waals surface area contributed by atoms with Crippen LogP contribution in [0.25, 0.3) is 0 Å². The number of unbranched alkanes of at least 4 members (excludes halogenated alkanes) is 4. The Morgan fingerprint density at radius 2 is 1.87 bits per heavy atom. The average molecular weight is 432 g/mol. The van der Waals surface area contributed by atoms with E-state index in [2.05, 4.69) is 29.7 Å². The van der Waals surface area contributed by atoms with Crippen molar-refractivity contribution in [3.63, 3.8) is 0 Å². The van der Waals surface area contributed by atoms with Gasteiger partial charge in [0.15, 0.2) is 0 Å². The van der Waals surface area contributed by atoms with E-state index in [9.17, 15) is 9.59 Å². The summed E-state index contributed by atoms with van der Waals surface area (Å²) in [5, 5.41) is 6.67. The highest BCUT2D eigenvalue weighted by molar-refractivity contribution is 8.01. The van der Waals surface area contributed by atoms with Crippen LogP contribution >= 0.6 is 11.8 Å². The van der Waals surface area contributed by atoms with E-state index in [1.165, 1.54) is 24.8 Å². The van der Waals surface area contributed by atoms with Gasteiger partial charge in [-0.05, 0) is 31.2 Å². The largest absolute Gasteiger partial charge is 0.354 e. The fourth-order valence-corrected chi connectivity index (χ4v) is 5.74. The zero-order valence-corrected chi connectivity index (χ0v) is 19.1. The number of likely N-dealkylation sites (tertiary alicyclic amines) is 1. The van der Waals surface area contributed by atoms with Crippen LogP contribution in [0.4, 0.5) is 0 Å². The van der Waals surface area contributed by atoms with Gasteiger partial charge in [0.2, 0.25) is 11.8 Å². The van der Waals surface area contributed by atoms with Crippen LogP contribution in [0.3, 0.4) is 0 Å². The second kappa shape index (κ2) is 11.8. The lowest BCUT2D eigenvalue weighted by atomic mass is 10.0. The molecule has 0 aromatic heterocycles. The maximum Gasteiger partial charge on any atom is 0.238 e. The molecule has 1 unspecified atom stereocenters. The quantitative estimate of drug-likeness (QED) is 0.554. The number of nitrogens with zero attached hydrogens (tertiary/aromatic N) is 1. The van der Waals surface area contributed by atoms with Crippen LogP contribution in [0.5, 0.6) is 0 Å². The molecule has 166 valence electrons. The summed E-state index contributed by atoms with van der Waals surface area (Å²) in [6.07, 6.45) is 9.30. The lowest BCUT2D eigenvalue weighted by Gasteiger charge is -2.39. The molecule has 0 saturated carbocycles. The molecular formula is C24H37N3O2S. The van der Waals surface area contributed by atoms with E-state index < -0.39 is 0 Å². The number of piperidine rings is 1. The Morgan fingerprint density at radius 3 is 2.60 bits per heavy atom. The predicted octanol–water partition coefficient (Wildman–Crippen LogP) is 3.73. The van der Waals surface area contributed by atoms with Gasteiger partial charge >= 0.3 is 0 Å². The van der Waals surface area contributed by atoms with Gasteiger partial charge in [0.05, 0.1) is 10.9 Å². The SMILES string of the molecule is CCCCCCCC(=O)N1CCC2(CC1)NC(C(=O)NCCc1ccccc1)CS2. The lowest BCUT2D eigenvalue weighted by Crippen LogP contribution is -2.54. The normalized spacial score (nSPS) is 20.4. The Morgan fingerprint density at radius 1 is 1.13 bits per heavy atom. The smallest absolute Gasteiger partial charge is 0.238 e. The van der Waals surface area contributed by atoms with E-state index in [0.29, 0.717) is 18.9 Å². The summed E-state index contributed by atoms with van der Waals surface area (Å²) in [5.74, 6) is 1.21. The van der Waals surface area contributed by atoms with E-state index in [1.54, 1.807) is 0 Å². The number of carbonyl (C=O) groups is 2. The molecule has 1 spiro atoms. The van der Waals surface area contributed by atoms with Crippen LogP contribution in [0.2, 0.25) is 0 Å². The Hall–Kier alpha value is -1.53. The maximum absolute atomic E-state index is 12.6. The summed E-state index contributed by atoms with van der Waals surface area (Å²) in [7, 11) is 0. The van der Waals surface area contributed by atoms with Crippen LogP contribution in [-0.4, -0.2) is 53.0 Å². The van der Waals surface area contributed by atoms with Crippen LogP contribution in [-0.2, 0) is 16.0 Å². The third-order valence-corrected chi connectivity index (χ3v) is 7.83. The van der Waals surface area contributed by atoms with E-state index in [4.69, 9.17) is 0 Å². The van der Waals surface area contributed by atoms with Crippen molar-refractivity contribution >= 4 is 23.6 Å². The molecule has 1 atom stereocenters. The minimum absolute atomic E-state index is 0.0423. The predicted molar refractivity (Wildman–Crippen MR) is 124 cm³/mol. The first-order valence-corrected chi connectivity index (χ1v) is 12.6. The number of rotatable bonds is 10. The second-order valence-electron chi connectivity index (χ2n) is 8.57. The number of nitrogens with one attached hydrogen (secondary N) is 2. The van der Waals surface area contributed by atoms with Crippen LogP contribution < -0.4 is 10.6 Å². The van der Waals surface area contributed by atoms with Crippen LogP contribution in [0.1, 0.15) is 63.9 Å². The molecule has 1 aromatic carbocycles. The van der Waals surface area contributed by atoms with Gasteiger partial charge in [0.25, 0.3) is 0 Å². The monoisotopic (exact) mass is 431 g/mol. The van der Waals surface area contributed by atoms with Crippen molar-refractivity contribution < 1.29 is 9.59 Å². The van der Waals surface area contributed by atoms with Gasteiger partial charge in [-0.3, -0.25) is 14.9 Å². The highest BCUT2D eigenvalue weighted by atomic mass is 32.2. The number of amides is 2. The van der Waals surface area contributed by atoms with Crippen molar-refractivity contribution in [3.05, 3.63) is 35.9 Å². The molecule has 5 nitrogen and oxygen atoms in total. The molecule has 0 radical (unpaired) electrons. The van der Waals surface area contributed by atoms with Gasteiger partial charge in [0.1, 0.15) is 0 Å². The van der Waals surface area contributed by atoms with Crippen molar-refractivity contribution in [1.29, 1.82) is 0 Å². The zero-order valence-electron chi connectivity index (χ0n) is 18.3. The third-order valence-electron chi connectivity index (χ3n) is 6.25. The Kier molecular flexibility index (Phi) is 9.06. The topological polar surface area (TPSA) is 61.4 Å². The molecule has 6 heteroatoms. The van der Waals surface area contributed by atoms with E-state index >= 15 is 0 Å². The molecule has 30 heavy (non-hydrogen) atoms. The summed E-state index contributed by atoms with van der Waals surface area (Å²) in [5.41, 5.74) is 1.24. The van der Waals surface area contributed by atoms with Crippen molar-refractivity contribution in [2.45, 2.75) is 75.6 Å². The molecule has 3 rings (SSSR count). The first-order valence-electron chi connectivity index (χ1n) is 11.6. The highest BCUT2D eigenvalue weighted by Gasteiger charge is 2.44. The molecule has 2 heterocycles. The third kappa shape index (κ3) is 6.74. The van der Waals surface area contributed by atoms with Gasteiger partial charge < -0.3 is 10.2 Å². The van der Waals surface area contributed by atoms with Crippen molar-refractivity contribution in [3.8, 4) is 0 Å². The molecule has 2 aliphatic heterocycles. The summed E-state index contributed by atoms with van der Waals surface area (Å²) < 4.78 is 0. The molecule has 2 N–H and O–H groups in total. The van der Waals surface area contributed by atoms with E-state index in [1.807, 2.05) is 34.9 Å². The van der Waals surface area contributed by atoms with Crippen molar-refractivity contribution in [2.75, 3.05) is 25.4 Å². The fourth-order valence-electron chi connectivity index (χ4n) is 4.33. The van der Waals surface area contributed by atoms with Gasteiger partial charge in [-0.25, -0.2) is 0 Å². The summed E-state index contributed by atoms with van der Waals surface area (Å²) in [6, 6.07) is 10.1. The summed E-state index contributed by atoms with van der Waals surface area (Å²) in [4.78, 5) is 27.0. The Bertz CT molecular complexity index is 674. The van der Waals surface area contributed by atoms with Crippen molar-refractivity contribution in [2.24, 2.45) is 0 Å². The highest BCUT2D eigenvalue weighted by Crippen LogP contribution is 2.39. The van der Waals surface area contributed by atoms with E-state index in [-0.39, 0.29) is 16.8 Å². The van der Waals surface area contributed by atoms with Gasteiger partial charge in [-0.15, -0.1) is 11.8 Å². The van der Waals surface area contributed by atoms with Crippen LogP contribution in [0.15, 0.2) is 30.3 Å².